The van der Waals surface area contributed by atoms with E-state index in [1.54, 1.807) is 6.26 Å². The minimum atomic E-state index is 0.593. The molecular formula is C8H9NO. The third-order valence-corrected chi connectivity index (χ3v) is 1.35. The molecule has 1 aliphatic rings. The van der Waals surface area contributed by atoms with E-state index in [0.29, 0.717) is 13.0 Å². The summed E-state index contributed by atoms with van der Waals surface area (Å²) in [6.07, 6.45) is 7.01. The molecule has 1 aliphatic heterocycles. The van der Waals surface area contributed by atoms with Gasteiger partial charge in [0, 0.05) is 6.42 Å². The molecule has 0 unspecified atom stereocenters. The van der Waals surface area contributed by atoms with Crippen LogP contribution in [0.5, 0.6) is 0 Å². The molecule has 10 heavy (non-hydrogen) atoms. The summed E-state index contributed by atoms with van der Waals surface area (Å²) >= 11 is 0. The maximum Gasteiger partial charge on any atom is 0.106 e. The van der Waals surface area contributed by atoms with Crippen molar-refractivity contribution in [3.8, 4) is 6.07 Å². The molecule has 0 aliphatic carbocycles. The number of allylic oxidation sites excluding steroid dienone is 2. The van der Waals surface area contributed by atoms with Crippen LogP contribution in [0.1, 0.15) is 12.8 Å². The Morgan fingerprint density at radius 3 is 3.20 bits per heavy atom. The molecule has 0 aromatic rings. The van der Waals surface area contributed by atoms with Gasteiger partial charge in [-0.2, -0.15) is 5.26 Å². The normalized spacial score (nSPS) is 15.3. The quantitative estimate of drug-likeness (QED) is 0.578. The van der Waals surface area contributed by atoms with Crippen molar-refractivity contribution in [3.05, 3.63) is 24.0 Å². The van der Waals surface area contributed by atoms with E-state index in [9.17, 15) is 0 Å². The van der Waals surface area contributed by atoms with Crippen LogP contribution in [0.4, 0.5) is 0 Å². The first kappa shape index (κ1) is 6.88. The van der Waals surface area contributed by atoms with Crippen LogP contribution in [0.3, 0.4) is 0 Å². The summed E-state index contributed by atoms with van der Waals surface area (Å²) < 4.78 is 4.94. The van der Waals surface area contributed by atoms with Crippen LogP contribution in [-0.4, -0.2) is 6.61 Å². The van der Waals surface area contributed by atoms with E-state index in [1.165, 1.54) is 5.57 Å². The molecule has 0 amide bonds. The van der Waals surface area contributed by atoms with Gasteiger partial charge in [-0.1, -0.05) is 0 Å². The molecule has 52 valence electrons. The van der Waals surface area contributed by atoms with E-state index in [2.05, 4.69) is 6.07 Å². The third-order valence-electron chi connectivity index (χ3n) is 1.35. The number of nitrogens with zero attached hydrogens (tertiary/aromatic N) is 1. The van der Waals surface area contributed by atoms with E-state index in [0.717, 1.165) is 6.42 Å². The van der Waals surface area contributed by atoms with Crippen molar-refractivity contribution < 1.29 is 4.74 Å². The first-order valence-electron chi connectivity index (χ1n) is 3.27. The van der Waals surface area contributed by atoms with Gasteiger partial charge in [0.1, 0.15) is 6.61 Å². The lowest BCUT2D eigenvalue weighted by Crippen LogP contribution is -1.91. The Balaban J connectivity index is 2.34. The topological polar surface area (TPSA) is 33.0 Å². The molecule has 0 aromatic carbocycles. The van der Waals surface area contributed by atoms with Gasteiger partial charge in [-0.25, -0.2) is 0 Å². The van der Waals surface area contributed by atoms with Crippen molar-refractivity contribution in [2.45, 2.75) is 12.8 Å². The molecule has 0 radical (unpaired) electrons. The Labute approximate surface area is 60.4 Å². The largest absolute Gasteiger partial charge is 0.497 e. The van der Waals surface area contributed by atoms with Crippen molar-refractivity contribution in [2.75, 3.05) is 6.61 Å². The molecule has 0 atom stereocenters. The van der Waals surface area contributed by atoms with Gasteiger partial charge in [0.15, 0.2) is 0 Å². The Morgan fingerprint density at radius 2 is 2.60 bits per heavy atom. The summed E-state index contributed by atoms with van der Waals surface area (Å²) in [6, 6.07) is 2.10. The first-order valence-corrected chi connectivity index (χ1v) is 3.27. The van der Waals surface area contributed by atoms with Crippen molar-refractivity contribution in [1.82, 2.24) is 0 Å². The van der Waals surface area contributed by atoms with Crippen molar-refractivity contribution in [3.63, 3.8) is 0 Å². The van der Waals surface area contributed by atoms with E-state index in [4.69, 9.17) is 10.00 Å². The summed E-state index contributed by atoms with van der Waals surface area (Å²) in [7, 11) is 0. The van der Waals surface area contributed by atoms with E-state index in [-0.39, 0.29) is 0 Å². The van der Waals surface area contributed by atoms with Gasteiger partial charge in [-0.3, -0.25) is 0 Å². The Bertz CT molecular complexity index is 198. The number of hydrogen-bond donors (Lipinski definition) is 0. The van der Waals surface area contributed by atoms with E-state index < -0.39 is 0 Å². The molecular weight excluding hydrogens is 126 g/mol. The second-order valence-electron chi connectivity index (χ2n) is 2.07. The average Bonchev–Trinajstić information content (AvgIpc) is 2.03. The van der Waals surface area contributed by atoms with Crippen LogP contribution in [0.25, 0.3) is 0 Å². The fourth-order valence-electron chi connectivity index (χ4n) is 0.800. The number of hydrogen-bond acceptors (Lipinski definition) is 2. The minimum Gasteiger partial charge on any atom is -0.497 e. The van der Waals surface area contributed by atoms with Crippen LogP contribution in [0.2, 0.25) is 0 Å². The Hall–Kier alpha value is -1.23. The van der Waals surface area contributed by atoms with Crippen LogP contribution >= 0.6 is 0 Å². The molecule has 2 nitrogen and oxygen atoms in total. The standard InChI is InChI=1S/C8H9NO/c9-5-1-2-8-3-6-10-7-4-8/h3-4,6H,1-2,7H2. The highest BCUT2D eigenvalue weighted by Crippen LogP contribution is 2.09. The van der Waals surface area contributed by atoms with Gasteiger partial charge < -0.3 is 4.74 Å². The zero-order valence-electron chi connectivity index (χ0n) is 5.71. The van der Waals surface area contributed by atoms with Gasteiger partial charge in [0.2, 0.25) is 0 Å². The van der Waals surface area contributed by atoms with Gasteiger partial charge in [-0.05, 0) is 24.1 Å². The number of nitriles is 1. The average molecular weight is 135 g/mol. The minimum absolute atomic E-state index is 0.593. The molecule has 1 rings (SSSR count). The number of ether oxygens (including phenoxy) is 1. The van der Waals surface area contributed by atoms with Gasteiger partial charge >= 0.3 is 0 Å². The van der Waals surface area contributed by atoms with Crippen molar-refractivity contribution in [2.24, 2.45) is 0 Å². The smallest absolute Gasteiger partial charge is 0.106 e. The molecule has 0 spiro atoms. The molecule has 0 N–H and O–H groups in total. The van der Waals surface area contributed by atoms with Gasteiger partial charge in [0.25, 0.3) is 0 Å². The monoisotopic (exact) mass is 135 g/mol. The van der Waals surface area contributed by atoms with Crippen LogP contribution in [0.15, 0.2) is 24.0 Å². The summed E-state index contributed by atoms with van der Waals surface area (Å²) in [4.78, 5) is 0. The Morgan fingerprint density at radius 1 is 1.70 bits per heavy atom. The molecule has 0 fully saturated rings. The zero-order valence-corrected chi connectivity index (χ0v) is 5.71. The van der Waals surface area contributed by atoms with E-state index in [1.807, 2.05) is 12.2 Å². The summed E-state index contributed by atoms with van der Waals surface area (Å²) in [5.74, 6) is 0. The van der Waals surface area contributed by atoms with Crippen LogP contribution < -0.4 is 0 Å². The molecule has 0 saturated carbocycles. The first-order chi connectivity index (χ1) is 4.93. The highest BCUT2D eigenvalue weighted by Gasteiger charge is 1.95. The Kier molecular flexibility index (Phi) is 2.57. The molecule has 1 heterocycles. The van der Waals surface area contributed by atoms with Crippen molar-refractivity contribution in [1.29, 1.82) is 5.26 Å². The van der Waals surface area contributed by atoms with Gasteiger partial charge in [0.05, 0.1) is 12.3 Å². The molecule has 2 heteroatoms. The number of rotatable bonds is 2. The fraction of sp³-hybridized carbons (Fsp3) is 0.375. The fourth-order valence-corrected chi connectivity index (χ4v) is 0.800. The summed E-state index contributed by atoms with van der Waals surface area (Å²) in [5, 5.41) is 8.26. The molecule has 0 aromatic heterocycles. The lowest BCUT2D eigenvalue weighted by Gasteiger charge is -2.04. The maximum absolute atomic E-state index is 8.26. The summed E-state index contributed by atoms with van der Waals surface area (Å²) in [5.41, 5.74) is 1.20. The lowest BCUT2D eigenvalue weighted by molar-refractivity contribution is 0.284. The SMILES string of the molecule is N#CCCC1=CCOC=C1. The van der Waals surface area contributed by atoms with E-state index >= 15 is 0 Å². The zero-order chi connectivity index (χ0) is 7.23. The second kappa shape index (κ2) is 3.73. The lowest BCUT2D eigenvalue weighted by atomic mass is 10.1. The highest BCUT2D eigenvalue weighted by molar-refractivity contribution is 5.20. The van der Waals surface area contributed by atoms with Crippen LogP contribution in [0, 0.1) is 11.3 Å². The highest BCUT2D eigenvalue weighted by atomic mass is 16.5. The third kappa shape index (κ3) is 1.94. The molecule has 0 saturated heterocycles. The van der Waals surface area contributed by atoms with Crippen molar-refractivity contribution >= 4 is 0 Å². The van der Waals surface area contributed by atoms with Crippen LogP contribution in [-0.2, 0) is 4.74 Å². The van der Waals surface area contributed by atoms with Gasteiger partial charge in [-0.15, -0.1) is 0 Å². The predicted octanol–water partition coefficient (Wildman–Crippen LogP) is 1.76. The summed E-state index contributed by atoms with van der Waals surface area (Å²) in [6.45, 7) is 0.650. The maximum atomic E-state index is 8.26. The predicted molar refractivity (Wildman–Crippen MR) is 38.0 cm³/mol. The second-order valence-corrected chi connectivity index (χ2v) is 2.07. The molecule has 0 bridgehead atoms.